The normalized spacial score (nSPS) is 17.7. The minimum absolute atomic E-state index is 0.140. The number of hydrogen-bond donors (Lipinski definition) is 0. The molecular formula is C13H17NO4S. The Bertz CT molecular complexity index is 467. The van der Waals surface area contributed by atoms with Gasteiger partial charge in [0, 0.05) is 18.4 Å². The molecule has 2 aliphatic rings. The molecule has 0 aliphatic carbocycles. The first-order valence-electron chi connectivity index (χ1n) is 6.30. The van der Waals surface area contributed by atoms with Crippen molar-refractivity contribution in [1.82, 2.24) is 4.90 Å². The lowest BCUT2D eigenvalue weighted by Gasteiger charge is -2.16. The number of esters is 2. The number of carbonyl (C=O) groups excluding carboxylic acids is 2. The second-order valence-corrected chi connectivity index (χ2v) is 5.34. The van der Waals surface area contributed by atoms with Crippen LogP contribution in [-0.4, -0.2) is 36.1 Å². The molecule has 0 saturated heterocycles. The fraction of sp³-hybridized carbons (Fsp3) is 0.538. The van der Waals surface area contributed by atoms with Crippen LogP contribution in [0.25, 0.3) is 0 Å². The van der Waals surface area contributed by atoms with Gasteiger partial charge in [-0.25, -0.2) is 9.59 Å². The zero-order valence-corrected chi connectivity index (χ0v) is 12.1. The van der Waals surface area contributed by atoms with Gasteiger partial charge in [-0.05, 0) is 20.8 Å². The molecule has 0 amide bonds. The van der Waals surface area contributed by atoms with Gasteiger partial charge in [-0.15, -0.1) is 0 Å². The third-order valence-corrected chi connectivity index (χ3v) is 3.77. The quantitative estimate of drug-likeness (QED) is 0.736. The SMILES string of the molecule is CCOC(=O)C1=CSC2=C(C(=O)OC(C)C)CCN12. The van der Waals surface area contributed by atoms with Gasteiger partial charge >= 0.3 is 11.9 Å². The highest BCUT2D eigenvalue weighted by atomic mass is 32.2. The lowest BCUT2D eigenvalue weighted by Crippen LogP contribution is -2.22. The van der Waals surface area contributed by atoms with Gasteiger partial charge in [0.05, 0.1) is 23.3 Å². The molecule has 0 aromatic rings. The van der Waals surface area contributed by atoms with Crippen LogP contribution in [0.5, 0.6) is 0 Å². The minimum Gasteiger partial charge on any atom is -0.461 e. The molecule has 0 atom stereocenters. The van der Waals surface area contributed by atoms with E-state index in [9.17, 15) is 9.59 Å². The summed E-state index contributed by atoms with van der Waals surface area (Å²) in [4.78, 5) is 25.5. The van der Waals surface area contributed by atoms with Gasteiger partial charge in [0.2, 0.25) is 0 Å². The predicted octanol–water partition coefficient (Wildman–Crippen LogP) is 2.01. The van der Waals surface area contributed by atoms with Gasteiger partial charge in [0.1, 0.15) is 5.70 Å². The fourth-order valence-electron chi connectivity index (χ4n) is 1.97. The Labute approximate surface area is 116 Å². The highest BCUT2D eigenvalue weighted by Gasteiger charge is 2.36. The van der Waals surface area contributed by atoms with Crippen LogP contribution in [0.3, 0.4) is 0 Å². The number of rotatable bonds is 4. The number of thioether (sulfide) groups is 1. The van der Waals surface area contributed by atoms with Crippen molar-refractivity contribution in [2.75, 3.05) is 13.2 Å². The number of fused-ring (bicyclic) bond motifs is 1. The average molecular weight is 283 g/mol. The largest absolute Gasteiger partial charge is 0.461 e. The molecule has 104 valence electrons. The van der Waals surface area contributed by atoms with Crippen molar-refractivity contribution in [3.05, 3.63) is 21.7 Å². The van der Waals surface area contributed by atoms with E-state index in [0.717, 1.165) is 5.03 Å². The molecule has 6 heteroatoms. The van der Waals surface area contributed by atoms with Crippen LogP contribution in [0.4, 0.5) is 0 Å². The Hall–Kier alpha value is -1.43. The average Bonchev–Trinajstić information content (AvgIpc) is 2.87. The monoisotopic (exact) mass is 283 g/mol. The second-order valence-electron chi connectivity index (χ2n) is 4.48. The number of nitrogens with zero attached hydrogens (tertiary/aromatic N) is 1. The van der Waals surface area contributed by atoms with Crippen LogP contribution < -0.4 is 0 Å². The van der Waals surface area contributed by atoms with E-state index in [-0.39, 0.29) is 18.0 Å². The molecule has 0 aromatic carbocycles. The fourth-order valence-corrected chi connectivity index (χ4v) is 3.06. The Morgan fingerprint density at radius 3 is 2.79 bits per heavy atom. The summed E-state index contributed by atoms with van der Waals surface area (Å²) in [5, 5.41) is 2.53. The molecule has 19 heavy (non-hydrogen) atoms. The van der Waals surface area contributed by atoms with Crippen LogP contribution in [0.1, 0.15) is 27.2 Å². The summed E-state index contributed by atoms with van der Waals surface area (Å²) >= 11 is 1.38. The van der Waals surface area contributed by atoms with E-state index in [2.05, 4.69) is 0 Å². The molecule has 2 aliphatic heterocycles. The zero-order chi connectivity index (χ0) is 14.0. The van der Waals surface area contributed by atoms with Crippen molar-refractivity contribution in [3.63, 3.8) is 0 Å². The van der Waals surface area contributed by atoms with E-state index in [0.29, 0.717) is 30.8 Å². The maximum absolute atomic E-state index is 11.9. The van der Waals surface area contributed by atoms with Gasteiger partial charge < -0.3 is 14.4 Å². The summed E-state index contributed by atoms with van der Waals surface area (Å²) in [5.74, 6) is -0.637. The summed E-state index contributed by atoms with van der Waals surface area (Å²) < 4.78 is 10.2. The van der Waals surface area contributed by atoms with E-state index in [4.69, 9.17) is 9.47 Å². The number of carbonyl (C=O) groups is 2. The van der Waals surface area contributed by atoms with Gasteiger partial charge in [-0.3, -0.25) is 0 Å². The Morgan fingerprint density at radius 2 is 2.16 bits per heavy atom. The molecule has 0 radical (unpaired) electrons. The van der Waals surface area contributed by atoms with Crippen LogP contribution in [0.2, 0.25) is 0 Å². The predicted molar refractivity (Wildman–Crippen MR) is 71.9 cm³/mol. The highest BCUT2D eigenvalue weighted by Crippen LogP contribution is 2.42. The van der Waals surface area contributed by atoms with E-state index in [1.807, 2.05) is 18.7 Å². The number of hydrogen-bond acceptors (Lipinski definition) is 6. The molecule has 0 fully saturated rings. The van der Waals surface area contributed by atoms with Crippen molar-refractivity contribution in [2.45, 2.75) is 33.3 Å². The molecule has 5 nitrogen and oxygen atoms in total. The molecule has 0 unspecified atom stereocenters. The smallest absolute Gasteiger partial charge is 0.355 e. The van der Waals surface area contributed by atoms with E-state index >= 15 is 0 Å². The van der Waals surface area contributed by atoms with Crippen molar-refractivity contribution >= 4 is 23.7 Å². The van der Waals surface area contributed by atoms with Crippen LogP contribution in [0.15, 0.2) is 21.7 Å². The summed E-state index contributed by atoms with van der Waals surface area (Å²) in [6.07, 6.45) is 0.462. The maximum Gasteiger partial charge on any atom is 0.355 e. The second kappa shape index (κ2) is 5.69. The molecular weight excluding hydrogens is 266 g/mol. The summed E-state index contributed by atoms with van der Waals surface area (Å²) in [6.45, 7) is 6.37. The third kappa shape index (κ3) is 2.78. The van der Waals surface area contributed by atoms with Crippen molar-refractivity contribution in [3.8, 4) is 0 Å². The highest BCUT2D eigenvalue weighted by molar-refractivity contribution is 8.06. The molecule has 2 rings (SSSR count). The van der Waals surface area contributed by atoms with Gasteiger partial charge in [-0.1, -0.05) is 11.8 Å². The van der Waals surface area contributed by atoms with Gasteiger partial charge in [-0.2, -0.15) is 0 Å². The minimum atomic E-state index is -0.344. The maximum atomic E-state index is 11.9. The van der Waals surface area contributed by atoms with Crippen LogP contribution >= 0.6 is 11.8 Å². The van der Waals surface area contributed by atoms with Crippen LogP contribution in [-0.2, 0) is 19.1 Å². The summed E-state index contributed by atoms with van der Waals surface area (Å²) in [6, 6.07) is 0. The molecule has 0 saturated carbocycles. The molecule has 0 spiro atoms. The Morgan fingerprint density at radius 1 is 1.42 bits per heavy atom. The van der Waals surface area contributed by atoms with Crippen molar-refractivity contribution in [1.29, 1.82) is 0 Å². The first kappa shape index (κ1) is 14.0. The zero-order valence-electron chi connectivity index (χ0n) is 11.3. The first-order chi connectivity index (χ1) is 9.04. The lowest BCUT2D eigenvalue weighted by molar-refractivity contribution is -0.143. The first-order valence-corrected chi connectivity index (χ1v) is 7.18. The summed E-state index contributed by atoms with van der Waals surface area (Å²) in [5.41, 5.74) is 1.16. The van der Waals surface area contributed by atoms with Gasteiger partial charge in [0.15, 0.2) is 0 Å². The molecule has 0 aromatic heterocycles. The third-order valence-electron chi connectivity index (χ3n) is 2.74. The van der Waals surface area contributed by atoms with Crippen molar-refractivity contribution in [2.24, 2.45) is 0 Å². The number of ether oxygens (including phenoxy) is 2. The Balaban J connectivity index is 2.12. The van der Waals surface area contributed by atoms with Gasteiger partial charge in [0.25, 0.3) is 0 Å². The molecule has 0 bridgehead atoms. The van der Waals surface area contributed by atoms with E-state index in [1.54, 1.807) is 12.3 Å². The standard InChI is InChI=1S/C13H17NO4S/c1-4-17-13(16)10-7-19-11-9(5-6-14(10)11)12(15)18-8(2)3/h7-8H,4-6H2,1-3H3. The topological polar surface area (TPSA) is 55.8 Å². The van der Waals surface area contributed by atoms with E-state index in [1.165, 1.54) is 11.8 Å². The van der Waals surface area contributed by atoms with Crippen molar-refractivity contribution < 1.29 is 19.1 Å². The Kier molecular flexibility index (Phi) is 4.19. The summed E-state index contributed by atoms with van der Waals surface area (Å²) in [7, 11) is 0. The molecule has 0 N–H and O–H groups in total. The van der Waals surface area contributed by atoms with Crippen LogP contribution in [0, 0.1) is 0 Å². The lowest BCUT2D eigenvalue weighted by atomic mass is 10.2. The molecule has 2 heterocycles. The van der Waals surface area contributed by atoms with E-state index < -0.39 is 0 Å².